The molecule has 0 atom stereocenters. The maximum atomic E-state index is 5.58. The predicted molar refractivity (Wildman–Crippen MR) is 55.5 cm³/mol. The summed E-state index contributed by atoms with van der Waals surface area (Å²) >= 11 is 0. The maximum Gasteiger partial charge on any atom is 0.213 e. The number of rotatable bonds is 3. The summed E-state index contributed by atoms with van der Waals surface area (Å²) in [6.45, 7) is 5.11. The second-order valence-corrected chi connectivity index (χ2v) is 4.07. The van der Waals surface area contributed by atoms with E-state index in [9.17, 15) is 0 Å². The second-order valence-electron chi connectivity index (χ2n) is 4.07. The molecule has 1 aromatic rings. The summed E-state index contributed by atoms with van der Waals surface area (Å²) < 4.78 is 5.58. The smallest absolute Gasteiger partial charge is 0.213 e. The van der Waals surface area contributed by atoms with Gasteiger partial charge >= 0.3 is 0 Å². The molecule has 0 spiro atoms. The molecular formula is C11H16N2O. The third kappa shape index (κ3) is 2.23. The van der Waals surface area contributed by atoms with E-state index in [2.05, 4.69) is 16.9 Å². The average Bonchev–Trinajstić information content (AvgIpc) is 2.13. The van der Waals surface area contributed by atoms with Crippen molar-refractivity contribution in [3.05, 3.63) is 23.9 Å². The van der Waals surface area contributed by atoms with Gasteiger partial charge in [-0.2, -0.15) is 0 Å². The van der Waals surface area contributed by atoms with Crippen LogP contribution in [0.2, 0.25) is 0 Å². The predicted octanol–water partition coefficient (Wildman–Crippen LogP) is 1.33. The Labute approximate surface area is 84.7 Å². The lowest BCUT2D eigenvalue weighted by molar-refractivity contribution is 0.0839. The summed E-state index contributed by atoms with van der Waals surface area (Å²) in [5, 5.41) is 0. The highest BCUT2D eigenvalue weighted by Gasteiger charge is 2.23. The lowest BCUT2D eigenvalue weighted by Crippen LogP contribution is -2.46. The molecule has 3 nitrogen and oxygen atoms in total. The molecule has 0 amide bonds. The zero-order chi connectivity index (χ0) is 9.97. The Morgan fingerprint density at radius 3 is 2.86 bits per heavy atom. The number of likely N-dealkylation sites (tertiary alicyclic amines) is 1. The quantitative estimate of drug-likeness (QED) is 0.722. The van der Waals surface area contributed by atoms with Crippen LogP contribution in [0, 0.1) is 12.8 Å². The Morgan fingerprint density at radius 2 is 2.29 bits per heavy atom. The summed E-state index contributed by atoms with van der Waals surface area (Å²) in [6, 6.07) is 3.95. The van der Waals surface area contributed by atoms with E-state index < -0.39 is 0 Å². The largest absolute Gasteiger partial charge is 0.477 e. The molecule has 1 aromatic heterocycles. The van der Waals surface area contributed by atoms with E-state index >= 15 is 0 Å². The number of aromatic nitrogens is 1. The van der Waals surface area contributed by atoms with Crippen molar-refractivity contribution in [2.75, 3.05) is 26.7 Å². The zero-order valence-corrected chi connectivity index (χ0v) is 8.73. The highest BCUT2D eigenvalue weighted by atomic mass is 16.5. The van der Waals surface area contributed by atoms with Crippen molar-refractivity contribution >= 4 is 0 Å². The standard InChI is InChI=1S/C11H16N2O/c1-9-3-4-11(12-5-9)14-8-10-6-13(2)7-10/h3-5,10H,6-8H2,1-2H3. The van der Waals surface area contributed by atoms with Gasteiger partial charge in [-0.15, -0.1) is 0 Å². The van der Waals surface area contributed by atoms with Gasteiger partial charge in [0.1, 0.15) is 0 Å². The Bertz CT molecular complexity index is 291. The van der Waals surface area contributed by atoms with E-state index in [0.717, 1.165) is 25.6 Å². The molecule has 14 heavy (non-hydrogen) atoms. The minimum atomic E-state index is 0.683. The third-order valence-electron chi connectivity index (χ3n) is 2.49. The van der Waals surface area contributed by atoms with Crippen LogP contribution >= 0.6 is 0 Å². The summed E-state index contributed by atoms with van der Waals surface area (Å²) in [6.07, 6.45) is 1.84. The Balaban J connectivity index is 1.78. The molecule has 0 aliphatic carbocycles. The van der Waals surface area contributed by atoms with E-state index in [4.69, 9.17) is 4.74 Å². The first kappa shape index (κ1) is 9.46. The van der Waals surface area contributed by atoms with Gasteiger partial charge in [0.2, 0.25) is 5.88 Å². The van der Waals surface area contributed by atoms with Gasteiger partial charge in [0.15, 0.2) is 0 Å². The van der Waals surface area contributed by atoms with Crippen molar-refractivity contribution in [2.45, 2.75) is 6.92 Å². The lowest BCUT2D eigenvalue weighted by Gasteiger charge is -2.35. The number of nitrogens with zero attached hydrogens (tertiary/aromatic N) is 2. The molecule has 0 radical (unpaired) electrons. The van der Waals surface area contributed by atoms with Crippen LogP contribution in [0.3, 0.4) is 0 Å². The SMILES string of the molecule is Cc1ccc(OCC2CN(C)C2)nc1. The summed E-state index contributed by atoms with van der Waals surface area (Å²) in [4.78, 5) is 6.48. The van der Waals surface area contributed by atoms with Gasteiger partial charge in [-0.25, -0.2) is 4.98 Å². The van der Waals surface area contributed by atoms with Crippen LogP contribution in [0.1, 0.15) is 5.56 Å². The van der Waals surface area contributed by atoms with Gasteiger partial charge in [0, 0.05) is 31.3 Å². The Kier molecular flexibility index (Phi) is 2.68. The van der Waals surface area contributed by atoms with Crippen molar-refractivity contribution in [1.82, 2.24) is 9.88 Å². The number of aryl methyl sites for hydroxylation is 1. The first-order chi connectivity index (χ1) is 6.74. The van der Waals surface area contributed by atoms with E-state index in [1.54, 1.807) is 0 Å². The van der Waals surface area contributed by atoms with Gasteiger partial charge in [0.05, 0.1) is 6.61 Å². The third-order valence-corrected chi connectivity index (χ3v) is 2.49. The highest BCUT2D eigenvalue weighted by molar-refractivity contribution is 5.16. The molecule has 0 unspecified atom stereocenters. The molecule has 1 fully saturated rings. The molecule has 1 saturated heterocycles. The van der Waals surface area contributed by atoms with Crippen molar-refractivity contribution in [3.63, 3.8) is 0 Å². The van der Waals surface area contributed by atoms with Crippen molar-refractivity contribution in [1.29, 1.82) is 0 Å². The van der Waals surface area contributed by atoms with Crippen molar-refractivity contribution < 1.29 is 4.74 Å². The van der Waals surface area contributed by atoms with Crippen LogP contribution < -0.4 is 4.74 Å². The molecule has 1 aliphatic heterocycles. The molecule has 0 aromatic carbocycles. The summed E-state index contributed by atoms with van der Waals surface area (Å²) in [5.41, 5.74) is 1.17. The second kappa shape index (κ2) is 3.96. The van der Waals surface area contributed by atoms with E-state index in [0.29, 0.717) is 5.92 Å². The first-order valence-electron chi connectivity index (χ1n) is 4.98. The van der Waals surface area contributed by atoms with Crippen molar-refractivity contribution in [2.24, 2.45) is 5.92 Å². The fraction of sp³-hybridized carbons (Fsp3) is 0.545. The van der Waals surface area contributed by atoms with Crippen LogP contribution in [0.4, 0.5) is 0 Å². The molecule has 3 heteroatoms. The minimum absolute atomic E-state index is 0.683. The van der Waals surface area contributed by atoms with Crippen LogP contribution in [-0.2, 0) is 0 Å². The van der Waals surface area contributed by atoms with Gasteiger partial charge in [-0.1, -0.05) is 6.07 Å². The minimum Gasteiger partial charge on any atom is -0.477 e. The number of hydrogen-bond acceptors (Lipinski definition) is 3. The fourth-order valence-electron chi connectivity index (χ4n) is 1.68. The molecule has 2 rings (SSSR count). The number of hydrogen-bond donors (Lipinski definition) is 0. The summed E-state index contributed by atoms with van der Waals surface area (Å²) in [7, 11) is 2.13. The van der Waals surface area contributed by atoms with E-state index in [1.807, 2.05) is 25.3 Å². The molecule has 0 bridgehead atoms. The van der Waals surface area contributed by atoms with Crippen LogP contribution in [0.5, 0.6) is 5.88 Å². The Morgan fingerprint density at radius 1 is 1.50 bits per heavy atom. The molecule has 0 saturated carbocycles. The number of ether oxygens (including phenoxy) is 1. The van der Waals surface area contributed by atoms with E-state index in [-0.39, 0.29) is 0 Å². The molecular weight excluding hydrogens is 176 g/mol. The lowest BCUT2D eigenvalue weighted by atomic mass is 10.0. The molecule has 76 valence electrons. The van der Waals surface area contributed by atoms with Gasteiger partial charge in [-0.3, -0.25) is 0 Å². The van der Waals surface area contributed by atoms with Gasteiger partial charge < -0.3 is 9.64 Å². The van der Waals surface area contributed by atoms with Crippen LogP contribution in [0.15, 0.2) is 18.3 Å². The molecule has 0 N–H and O–H groups in total. The monoisotopic (exact) mass is 192 g/mol. The van der Waals surface area contributed by atoms with E-state index in [1.165, 1.54) is 5.56 Å². The average molecular weight is 192 g/mol. The zero-order valence-electron chi connectivity index (χ0n) is 8.73. The van der Waals surface area contributed by atoms with Crippen molar-refractivity contribution in [3.8, 4) is 5.88 Å². The normalized spacial score (nSPS) is 17.9. The van der Waals surface area contributed by atoms with Gasteiger partial charge in [-0.05, 0) is 19.5 Å². The number of pyridine rings is 1. The van der Waals surface area contributed by atoms with Crippen LogP contribution in [-0.4, -0.2) is 36.6 Å². The fourth-order valence-corrected chi connectivity index (χ4v) is 1.68. The Hall–Kier alpha value is -1.09. The maximum absolute atomic E-state index is 5.58. The highest BCUT2D eigenvalue weighted by Crippen LogP contribution is 2.14. The summed E-state index contributed by atoms with van der Waals surface area (Å²) in [5.74, 6) is 1.42. The molecule has 2 heterocycles. The first-order valence-corrected chi connectivity index (χ1v) is 4.98. The molecule has 1 aliphatic rings. The topological polar surface area (TPSA) is 25.4 Å². The van der Waals surface area contributed by atoms with Gasteiger partial charge in [0.25, 0.3) is 0 Å². The van der Waals surface area contributed by atoms with Crippen LogP contribution in [0.25, 0.3) is 0 Å².